The molecule has 0 radical (unpaired) electrons. The van der Waals surface area contributed by atoms with E-state index in [-0.39, 0.29) is 0 Å². The van der Waals surface area contributed by atoms with Gasteiger partial charge in [-0.1, -0.05) is 63.7 Å². The van der Waals surface area contributed by atoms with Crippen LogP contribution >= 0.6 is 0 Å². The van der Waals surface area contributed by atoms with Crippen LogP contribution in [0.3, 0.4) is 0 Å². The maximum absolute atomic E-state index is 11.6. The van der Waals surface area contributed by atoms with Gasteiger partial charge in [-0.15, -0.1) is 0 Å². The van der Waals surface area contributed by atoms with Crippen molar-refractivity contribution in [3.63, 3.8) is 0 Å². The van der Waals surface area contributed by atoms with Gasteiger partial charge in [0.1, 0.15) is 0 Å². The molecule has 0 heterocycles. The molecule has 16 heavy (non-hydrogen) atoms. The van der Waals surface area contributed by atoms with E-state index >= 15 is 0 Å². The second-order valence-electron chi connectivity index (χ2n) is 3.98. The normalized spacial score (nSPS) is 9.44. The van der Waals surface area contributed by atoms with Gasteiger partial charge in [0.2, 0.25) is 0 Å². The summed E-state index contributed by atoms with van der Waals surface area (Å²) in [5.41, 5.74) is 0. The van der Waals surface area contributed by atoms with Crippen LogP contribution < -0.4 is 0 Å². The largest absolute Gasteiger partial charge is 0.278 e. The van der Waals surface area contributed by atoms with Crippen LogP contribution in [0.25, 0.3) is 0 Å². The third kappa shape index (κ3) is 13.2. The van der Waals surface area contributed by atoms with Crippen molar-refractivity contribution < 1.29 is 8.78 Å². The Kier molecular flexibility index (Phi) is 11.6. The lowest BCUT2D eigenvalue weighted by Crippen LogP contribution is -1.79. The summed E-state index contributed by atoms with van der Waals surface area (Å²) in [7, 11) is 0. The number of allylic oxidation sites excluding steroid dienone is 1. The van der Waals surface area contributed by atoms with E-state index in [2.05, 4.69) is 18.8 Å². The summed E-state index contributed by atoms with van der Waals surface area (Å²) in [6, 6.07) is 0. The Bertz CT molecular complexity index is 229. The van der Waals surface area contributed by atoms with E-state index in [0.29, 0.717) is 6.08 Å². The van der Waals surface area contributed by atoms with Gasteiger partial charge >= 0.3 is 0 Å². The first-order chi connectivity index (χ1) is 7.77. The molecule has 0 bridgehead atoms. The van der Waals surface area contributed by atoms with Crippen LogP contribution in [-0.4, -0.2) is 0 Å². The molecule has 0 aromatic rings. The second-order valence-corrected chi connectivity index (χ2v) is 3.98. The van der Waals surface area contributed by atoms with Crippen LogP contribution in [-0.2, 0) is 0 Å². The van der Waals surface area contributed by atoms with Crippen LogP contribution in [0.1, 0.15) is 64.7 Å². The van der Waals surface area contributed by atoms with Crippen molar-refractivity contribution in [2.24, 2.45) is 0 Å². The second kappa shape index (κ2) is 12.2. The van der Waals surface area contributed by atoms with E-state index in [1.165, 1.54) is 44.9 Å². The Labute approximate surface area is 98.1 Å². The molecule has 0 saturated carbocycles. The SMILES string of the molecule is CCCCCCCCCCC#CC=C(F)F. The minimum absolute atomic E-state index is 0.671. The molecule has 0 spiro atoms. The molecule has 0 atom stereocenters. The number of rotatable bonds is 8. The number of unbranched alkanes of at least 4 members (excludes halogenated alkanes) is 8. The van der Waals surface area contributed by atoms with Gasteiger partial charge in [0.05, 0.1) is 6.08 Å². The number of halogens is 2. The quantitative estimate of drug-likeness (QED) is 0.390. The highest BCUT2D eigenvalue weighted by Crippen LogP contribution is 2.09. The molecule has 0 aromatic carbocycles. The Morgan fingerprint density at radius 1 is 0.938 bits per heavy atom. The van der Waals surface area contributed by atoms with Crippen molar-refractivity contribution in [1.82, 2.24) is 0 Å². The fourth-order valence-corrected chi connectivity index (χ4v) is 1.53. The van der Waals surface area contributed by atoms with E-state index in [0.717, 1.165) is 12.8 Å². The van der Waals surface area contributed by atoms with Crippen molar-refractivity contribution in [3.8, 4) is 11.8 Å². The molecular formula is C14H22F2. The zero-order chi connectivity index (χ0) is 12.1. The van der Waals surface area contributed by atoms with Crippen LogP contribution in [0, 0.1) is 11.8 Å². The summed E-state index contributed by atoms with van der Waals surface area (Å²) >= 11 is 0. The predicted molar refractivity (Wildman–Crippen MR) is 65.3 cm³/mol. The first kappa shape index (κ1) is 15.2. The molecule has 0 nitrogen and oxygen atoms in total. The van der Waals surface area contributed by atoms with Gasteiger partial charge in [0, 0.05) is 6.42 Å². The fraction of sp³-hybridized carbons (Fsp3) is 0.714. The Morgan fingerprint density at radius 3 is 2.06 bits per heavy atom. The summed E-state index contributed by atoms with van der Waals surface area (Å²) in [4.78, 5) is 0. The molecule has 0 unspecified atom stereocenters. The van der Waals surface area contributed by atoms with Gasteiger partial charge in [-0.25, -0.2) is 0 Å². The topological polar surface area (TPSA) is 0 Å². The maximum Gasteiger partial charge on any atom is 0.278 e. The molecule has 0 saturated heterocycles. The fourth-order valence-electron chi connectivity index (χ4n) is 1.53. The van der Waals surface area contributed by atoms with E-state index < -0.39 is 6.08 Å². The highest BCUT2D eigenvalue weighted by molar-refractivity contribution is 5.15. The lowest BCUT2D eigenvalue weighted by molar-refractivity contribution is 0.422. The van der Waals surface area contributed by atoms with Gasteiger partial charge in [-0.2, -0.15) is 8.78 Å². The van der Waals surface area contributed by atoms with E-state index in [9.17, 15) is 8.78 Å². The Balaban J connectivity index is 3.14. The molecule has 0 aliphatic carbocycles. The Hall–Kier alpha value is -0.840. The monoisotopic (exact) mass is 228 g/mol. The van der Waals surface area contributed by atoms with Crippen molar-refractivity contribution in [2.45, 2.75) is 64.7 Å². The van der Waals surface area contributed by atoms with Crippen molar-refractivity contribution in [1.29, 1.82) is 0 Å². The minimum atomic E-state index is -1.71. The average molecular weight is 228 g/mol. The molecule has 0 fully saturated rings. The number of hydrogen-bond donors (Lipinski definition) is 0. The highest BCUT2D eigenvalue weighted by atomic mass is 19.3. The predicted octanol–water partition coefficient (Wildman–Crippen LogP) is 5.30. The summed E-state index contributed by atoms with van der Waals surface area (Å²) in [6.45, 7) is 2.22. The molecule has 0 aromatic heterocycles. The molecule has 0 aliphatic heterocycles. The molecule has 0 amide bonds. The third-order valence-corrected chi connectivity index (χ3v) is 2.44. The summed E-state index contributed by atoms with van der Waals surface area (Å²) < 4.78 is 23.1. The van der Waals surface area contributed by atoms with Crippen molar-refractivity contribution in [3.05, 3.63) is 12.2 Å². The lowest BCUT2D eigenvalue weighted by atomic mass is 10.1. The Morgan fingerprint density at radius 2 is 1.50 bits per heavy atom. The zero-order valence-corrected chi connectivity index (χ0v) is 10.2. The van der Waals surface area contributed by atoms with Crippen LogP contribution in [0.15, 0.2) is 12.2 Å². The van der Waals surface area contributed by atoms with Gasteiger partial charge in [-0.3, -0.25) is 0 Å². The maximum atomic E-state index is 11.6. The summed E-state index contributed by atoms with van der Waals surface area (Å²) in [5.74, 6) is 5.06. The zero-order valence-electron chi connectivity index (χ0n) is 10.2. The van der Waals surface area contributed by atoms with E-state index in [1.807, 2.05) is 0 Å². The molecule has 92 valence electrons. The van der Waals surface area contributed by atoms with Gasteiger partial charge in [0.25, 0.3) is 6.08 Å². The first-order valence-corrected chi connectivity index (χ1v) is 6.27. The number of hydrogen-bond acceptors (Lipinski definition) is 0. The average Bonchev–Trinajstić information content (AvgIpc) is 2.25. The smallest absolute Gasteiger partial charge is 0.173 e. The first-order valence-electron chi connectivity index (χ1n) is 6.27. The van der Waals surface area contributed by atoms with Crippen molar-refractivity contribution >= 4 is 0 Å². The lowest BCUT2D eigenvalue weighted by Gasteiger charge is -1.98. The van der Waals surface area contributed by atoms with Crippen LogP contribution in [0.5, 0.6) is 0 Å². The van der Waals surface area contributed by atoms with E-state index in [4.69, 9.17) is 0 Å². The molecule has 0 N–H and O–H groups in total. The standard InChI is InChI=1S/C14H22F2/c1-2-3-4-5-6-7-8-9-10-11-12-13-14(15)16/h13H,2-10H2,1H3. The van der Waals surface area contributed by atoms with Crippen LogP contribution in [0.2, 0.25) is 0 Å². The van der Waals surface area contributed by atoms with E-state index in [1.54, 1.807) is 0 Å². The highest BCUT2D eigenvalue weighted by Gasteiger charge is 1.90. The summed E-state index contributed by atoms with van der Waals surface area (Å²) in [6.07, 6.45) is 9.75. The van der Waals surface area contributed by atoms with Gasteiger partial charge in [0.15, 0.2) is 0 Å². The summed E-state index contributed by atoms with van der Waals surface area (Å²) in [5, 5.41) is 0. The van der Waals surface area contributed by atoms with Crippen LogP contribution in [0.4, 0.5) is 8.78 Å². The van der Waals surface area contributed by atoms with Gasteiger partial charge < -0.3 is 0 Å². The van der Waals surface area contributed by atoms with Gasteiger partial charge in [-0.05, 0) is 6.42 Å². The third-order valence-electron chi connectivity index (χ3n) is 2.44. The van der Waals surface area contributed by atoms with Crippen molar-refractivity contribution in [2.75, 3.05) is 0 Å². The minimum Gasteiger partial charge on any atom is -0.173 e. The molecule has 0 aliphatic rings. The molecule has 2 heteroatoms. The molecular weight excluding hydrogens is 206 g/mol. The molecule has 0 rings (SSSR count).